The summed E-state index contributed by atoms with van der Waals surface area (Å²) >= 11 is 1.52. The van der Waals surface area contributed by atoms with Crippen LogP contribution in [0.4, 0.5) is 5.13 Å². The fraction of sp³-hybridized carbons (Fsp3) is 0.667. The molecule has 0 amide bonds. The van der Waals surface area contributed by atoms with Gasteiger partial charge in [0, 0.05) is 19.4 Å². The summed E-state index contributed by atoms with van der Waals surface area (Å²) in [5, 5.41) is 0.723. The number of nitrogen functional groups attached to an aromatic ring is 1. The van der Waals surface area contributed by atoms with Crippen LogP contribution in [-0.4, -0.2) is 24.3 Å². The van der Waals surface area contributed by atoms with Gasteiger partial charge in [-0.25, -0.2) is 10.8 Å². The molecule has 15 heavy (non-hydrogen) atoms. The molecule has 0 atom stereocenters. The topological polar surface area (TPSA) is 69.4 Å². The van der Waals surface area contributed by atoms with E-state index in [9.17, 15) is 0 Å². The highest BCUT2D eigenvalue weighted by Gasteiger charge is 2.14. The molecule has 2 rings (SSSR count). The van der Waals surface area contributed by atoms with Crippen LogP contribution in [0, 0.1) is 0 Å². The molecule has 6 heteroatoms. The number of hydrazine groups is 1. The minimum atomic E-state index is 0.329. The van der Waals surface area contributed by atoms with Gasteiger partial charge in [0.2, 0.25) is 0 Å². The van der Waals surface area contributed by atoms with E-state index in [2.05, 4.69) is 10.4 Å². The van der Waals surface area contributed by atoms with Crippen LogP contribution < -0.4 is 11.3 Å². The third-order valence-electron chi connectivity index (χ3n) is 2.31. The first-order chi connectivity index (χ1) is 7.38. The molecular weight excluding hydrogens is 214 g/mol. The van der Waals surface area contributed by atoms with Crippen molar-refractivity contribution in [3.8, 4) is 0 Å². The van der Waals surface area contributed by atoms with E-state index in [0.717, 1.165) is 36.1 Å². The van der Waals surface area contributed by atoms with Crippen molar-refractivity contribution in [2.24, 2.45) is 5.84 Å². The molecule has 1 aliphatic rings. The molecule has 1 aromatic rings. The maximum atomic E-state index is 5.75. The Morgan fingerprint density at radius 2 is 2.40 bits per heavy atom. The molecule has 0 spiro atoms. The quantitative estimate of drug-likeness (QED) is 0.598. The van der Waals surface area contributed by atoms with E-state index in [1.54, 1.807) is 6.20 Å². The number of hydrogen-bond donors (Lipinski definition) is 2. The number of nitrogens with one attached hydrogen (secondary N) is 1. The Hall–Kier alpha value is -0.690. The maximum Gasteiger partial charge on any atom is 0.197 e. The Morgan fingerprint density at radius 1 is 1.60 bits per heavy atom. The molecule has 2 heterocycles. The lowest BCUT2D eigenvalue weighted by molar-refractivity contribution is -0.0383. The Balaban J connectivity index is 1.76. The van der Waals surface area contributed by atoms with E-state index in [0.29, 0.717) is 12.7 Å². The van der Waals surface area contributed by atoms with E-state index >= 15 is 0 Å². The van der Waals surface area contributed by atoms with E-state index in [1.807, 2.05) is 0 Å². The zero-order chi connectivity index (χ0) is 10.5. The zero-order valence-corrected chi connectivity index (χ0v) is 9.26. The summed E-state index contributed by atoms with van der Waals surface area (Å²) in [5.74, 6) is 5.24. The fourth-order valence-electron chi connectivity index (χ4n) is 1.48. The molecule has 1 saturated heterocycles. The summed E-state index contributed by atoms with van der Waals surface area (Å²) in [6, 6.07) is 0. The number of nitrogens with two attached hydrogens (primary N) is 1. The molecule has 3 N–H and O–H groups in total. The summed E-state index contributed by atoms with van der Waals surface area (Å²) in [4.78, 5) is 5.17. The van der Waals surface area contributed by atoms with Crippen molar-refractivity contribution >= 4 is 16.5 Å². The zero-order valence-electron chi connectivity index (χ0n) is 8.44. The fourth-order valence-corrected chi connectivity index (χ4v) is 2.13. The van der Waals surface area contributed by atoms with E-state index < -0.39 is 0 Å². The first kappa shape index (κ1) is 10.8. The molecule has 1 aromatic heterocycles. The monoisotopic (exact) mass is 229 g/mol. The van der Waals surface area contributed by atoms with Gasteiger partial charge in [0.15, 0.2) is 5.13 Å². The molecule has 1 aliphatic heterocycles. The van der Waals surface area contributed by atoms with Gasteiger partial charge in [0.25, 0.3) is 0 Å². The van der Waals surface area contributed by atoms with Gasteiger partial charge in [-0.2, -0.15) is 0 Å². The van der Waals surface area contributed by atoms with Crippen molar-refractivity contribution in [3.05, 3.63) is 11.1 Å². The van der Waals surface area contributed by atoms with Crippen molar-refractivity contribution < 1.29 is 9.47 Å². The lowest BCUT2D eigenvalue weighted by Gasteiger charge is -2.21. The van der Waals surface area contributed by atoms with Crippen LogP contribution in [0.3, 0.4) is 0 Å². The molecule has 0 aliphatic carbocycles. The van der Waals surface area contributed by atoms with Crippen LogP contribution in [0.1, 0.15) is 17.7 Å². The van der Waals surface area contributed by atoms with Crippen LogP contribution in [0.2, 0.25) is 0 Å². The predicted octanol–water partition coefficient (Wildman–Crippen LogP) is 1.12. The molecule has 5 nitrogen and oxygen atoms in total. The van der Waals surface area contributed by atoms with Gasteiger partial charge in [0.1, 0.15) is 0 Å². The van der Waals surface area contributed by atoms with Gasteiger partial charge in [-0.15, -0.1) is 0 Å². The van der Waals surface area contributed by atoms with Gasteiger partial charge >= 0.3 is 0 Å². The third-order valence-corrected chi connectivity index (χ3v) is 3.21. The van der Waals surface area contributed by atoms with Crippen LogP contribution in [-0.2, 0) is 16.1 Å². The number of anilines is 1. The van der Waals surface area contributed by atoms with Crippen molar-refractivity contribution in [2.45, 2.75) is 25.6 Å². The van der Waals surface area contributed by atoms with Crippen LogP contribution in [0.5, 0.6) is 0 Å². The van der Waals surface area contributed by atoms with Crippen molar-refractivity contribution in [1.29, 1.82) is 0 Å². The summed E-state index contributed by atoms with van der Waals surface area (Å²) in [7, 11) is 0. The minimum absolute atomic E-state index is 0.329. The lowest BCUT2D eigenvalue weighted by Crippen LogP contribution is -2.23. The number of ether oxygens (including phenoxy) is 2. The highest BCUT2D eigenvalue weighted by atomic mass is 32.1. The molecule has 1 fully saturated rings. The average molecular weight is 229 g/mol. The van der Waals surface area contributed by atoms with Crippen molar-refractivity contribution in [3.63, 3.8) is 0 Å². The molecular formula is C9H15N3O2S. The Kier molecular flexibility index (Phi) is 3.90. The summed E-state index contributed by atoms with van der Waals surface area (Å²) < 4.78 is 11.0. The second kappa shape index (κ2) is 5.41. The van der Waals surface area contributed by atoms with Crippen molar-refractivity contribution in [2.75, 3.05) is 18.6 Å². The first-order valence-corrected chi connectivity index (χ1v) is 5.81. The molecule has 0 unspecified atom stereocenters. The van der Waals surface area contributed by atoms with Gasteiger partial charge in [-0.1, -0.05) is 11.3 Å². The summed E-state index contributed by atoms with van der Waals surface area (Å²) in [6.07, 6.45) is 4.09. The summed E-state index contributed by atoms with van der Waals surface area (Å²) in [5.41, 5.74) is 2.52. The second-order valence-corrected chi connectivity index (χ2v) is 4.51. The van der Waals surface area contributed by atoms with Crippen LogP contribution >= 0.6 is 11.3 Å². The number of aromatic nitrogens is 1. The second-order valence-electron chi connectivity index (χ2n) is 3.40. The Labute approximate surface area is 92.6 Å². The first-order valence-electron chi connectivity index (χ1n) is 4.99. The average Bonchev–Trinajstić information content (AvgIpc) is 2.76. The van der Waals surface area contributed by atoms with Crippen LogP contribution in [0.25, 0.3) is 0 Å². The highest BCUT2D eigenvalue weighted by molar-refractivity contribution is 7.15. The standard InChI is InChI=1S/C9H15N3O2S/c10-12-9-11-5-8(15-9)6-14-7-1-3-13-4-2-7/h5,7H,1-4,6,10H2,(H,11,12). The SMILES string of the molecule is NNc1ncc(COC2CCOCC2)s1. The number of rotatable bonds is 4. The van der Waals surface area contributed by atoms with Gasteiger partial charge < -0.3 is 9.47 Å². The molecule has 0 radical (unpaired) electrons. The maximum absolute atomic E-state index is 5.75. The Morgan fingerprint density at radius 3 is 3.07 bits per heavy atom. The predicted molar refractivity (Wildman–Crippen MR) is 58.6 cm³/mol. The number of hydrogen-bond acceptors (Lipinski definition) is 6. The molecule has 0 saturated carbocycles. The van der Waals surface area contributed by atoms with Crippen LogP contribution in [0.15, 0.2) is 6.20 Å². The van der Waals surface area contributed by atoms with E-state index in [-0.39, 0.29) is 0 Å². The molecule has 0 aromatic carbocycles. The minimum Gasteiger partial charge on any atom is -0.381 e. The molecule has 0 bridgehead atoms. The van der Waals surface area contributed by atoms with Gasteiger partial charge in [-0.3, -0.25) is 5.43 Å². The lowest BCUT2D eigenvalue weighted by atomic mass is 10.2. The van der Waals surface area contributed by atoms with E-state index in [1.165, 1.54) is 11.3 Å². The van der Waals surface area contributed by atoms with E-state index in [4.69, 9.17) is 15.3 Å². The van der Waals surface area contributed by atoms with Gasteiger partial charge in [0.05, 0.1) is 17.6 Å². The normalized spacial score (nSPS) is 17.9. The summed E-state index contributed by atoms with van der Waals surface area (Å²) in [6.45, 7) is 2.23. The highest BCUT2D eigenvalue weighted by Crippen LogP contribution is 2.19. The number of nitrogens with zero attached hydrogens (tertiary/aromatic N) is 1. The third kappa shape index (κ3) is 3.13. The molecule has 84 valence electrons. The van der Waals surface area contributed by atoms with Gasteiger partial charge in [-0.05, 0) is 12.8 Å². The Bertz CT molecular complexity index is 299. The largest absolute Gasteiger partial charge is 0.381 e. The smallest absolute Gasteiger partial charge is 0.197 e. The number of thiazole rings is 1. The van der Waals surface area contributed by atoms with Crippen molar-refractivity contribution in [1.82, 2.24) is 4.98 Å².